The monoisotopic (exact) mass is 438 g/mol. The first-order valence-electron chi connectivity index (χ1n) is 7.53. The molecule has 24 heavy (non-hydrogen) atoms. The number of likely N-dealkylation sites (N-methyl/N-ethyl adjacent to an activating group) is 1. The molecule has 2 aromatic carbocycles. The lowest BCUT2D eigenvalue weighted by Crippen LogP contribution is -2.38. The van der Waals surface area contributed by atoms with E-state index < -0.39 is 0 Å². The van der Waals surface area contributed by atoms with E-state index in [0.717, 1.165) is 3.57 Å². The number of benzene rings is 2. The number of halogens is 1. The molecule has 1 N–H and O–H groups in total. The summed E-state index contributed by atoms with van der Waals surface area (Å²) in [4.78, 5) is 26.4. The molecule has 0 spiro atoms. The molecule has 0 atom stereocenters. The molecule has 0 aromatic heterocycles. The quantitative estimate of drug-likeness (QED) is 0.704. The van der Waals surface area contributed by atoms with Crippen molar-refractivity contribution in [2.24, 2.45) is 0 Å². The SMILES string of the molecule is CCN(CC(=O)Nc1cccc(OC)c1)C(=O)c1ccccc1I. The second kappa shape index (κ2) is 8.68. The zero-order valence-electron chi connectivity index (χ0n) is 13.6. The van der Waals surface area contributed by atoms with Crippen LogP contribution in [0.4, 0.5) is 5.69 Å². The van der Waals surface area contributed by atoms with Crippen molar-refractivity contribution in [3.05, 3.63) is 57.7 Å². The summed E-state index contributed by atoms with van der Waals surface area (Å²) in [5.41, 5.74) is 1.24. The van der Waals surface area contributed by atoms with Crippen LogP contribution in [0.15, 0.2) is 48.5 Å². The van der Waals surface area contributed by atoms with Gasteiger partial charge in [-0.05, 0) is 53.8 Å². The Bertz CT molecular complexity index is 734. The van der Waals surface area contributed by atoms with Gasteiger partial charge in [0.15, 0.2) is 0 Å². The molecule has 5 nitrogen and oxygen atoms in total. The number of hydrogen-bond acceptors (Lipinski definition) is 3. The number of amides is 2. The van der Waals surface area contributed by atoms with Crippen LogP contribution in [0, 0.1) is 3.57 Å². The highest BCUT2D eigenvalue weighted by Crippen LogP contribution is 2.17. The summed E-state index contributed by atoms with van der Waals surface area (Å²) >= 11 is 2.12. The summed E-state index contributed by atoms with van der Waals surface area (Å²) in [5.74, 6) is 0.266. The first-order chi connectivity index (χ1) is 11.5. The third-order valence-corrected chi connectivity index (χ3v) is 4.40. The van der Waals surface area contributed by atoms with Gasteiger partial charge in [-0.25, -0.2) is 0 Å². The van der Waals surface area contributed by atoms with Crippen LogP contribution in [0.3, 0.4) is 0 Å². The number of hydrogen-bond donors (Lipinski definition) is 1. The molecule has 0 unspecified atom stereocenters. The molecule has 0 fully saturated rings. The molecular formula is C18H19IN2O3. The molecule has 6 heteroatoms. The molecule has 0 aliphatic carbocycles. The van der Waals surface area contributed by atoms with E-state index in [-0.39, 0.29) is 18.4 Å². The zero-order valence-corrected chi connectivity index (χ0v) is 15.7. The second-order valence-corrected chi connectivity index (χ2v) is 6.24. The Kier molecular flexibility index (Phi) is 6.60. The van der Waals surface area contributed by atoms with Crippen LogP contribution in [0.2, 0.25) is 0 Å². The Morgan fingerprint density at radius 2 is 1.92 bits per heavy atom. The summed E-state index contributed by atoms with van der Waals surface area (Å²) < 4.78 is 6.00. The summed E-state index contributed by atoms with van der Waals surface area (Å²) in [6, 6.07) is 14.4. The van der Waals surface area contributed by atoms with Gasteiger partial charge in [-0.2, -0.15) is 0 Å². The highest BCUT2D eigenvalue weighted by molar-refractivity contribution is 14.1. The highest BCUT2D eigenvalue weighted by Gasteiger charge is 2.19. The highest BCUT2D eigenvalue weighted by atomic mass is 127. The van der Waals surface area contributed by atoms with E-state index in [1.807, 2.05) is 25.1 Å². The fourth-order valence-corrected chi connectivity index (χ4v) is 2.83. The van der Waals surface area contributed by atoms with Crippen molar-refractivity contribution in [1.29, 1.82) is 0 Å². The molecule has 0 aliphatic heterocycles. The van der Waals surface area contributed by atoms with Crippen molar-refractivity contribution in [1.82, 2.24) is 4.90 Å². The lowest BCUT2D eigenvalue weighted by molar-refractivity contribution is -0.116. The third-order valence-electron chi connectivity index (χ3n) is 3.46. The molecule has 0 bridgehead atoms. The van der Waals surface area contributed by atoms with Gasteiger partial charge in [-0.15, -0.1) is 0 Å². The van der Waals surface area contributed by atoms with Crippen molar-refractivity contribution >= 4 is 40.1 Å². The van der Waals surface area contributed by atoms with Crippen LogP contribution in [0.1, 0.15) is 17.3 Å². The standard InChI is InChI=1S/C18H19IN2O3/c1-3-21(18(23)15-9-4-5-10-16(15)19)12-17(22)20-13-7-6-8-14(11-13)24-2/h4-11H,3,12H2,1-2H3,(H,20,22). The lowest BCUT2D eigenvalue weighted by atomic mass is 10.2. The topological polar surface area (TPSA) is 58.6 Å². The average Bonchev–Trinajstić information content (AvgIpc) is 2.59. The van der Waals surface area contributed by atoms with Crippen molar-refractivity contribution in [2.75, 3.05) is 25.5 Å². The molecule has 2 rings (SSSR count). The van der Waals surface area contributed by atoms with Crippen LogP contribution in [-0.4, -0.2) is 36.9 Å². The first kappa shape index (κ1) is 18.3. The molecule has 2 amide bonds. The van der Waals surface area contributed by atoms with Gasteiger partial charge < -0.3 is 15.0 Å². The number of carbonyl (C=O) groups is 2. The van der Waals surface area contributed by atoms with Crippen LogP contribution in [-0.2, 0) is 4.79 Å². The predicted octanol–water partition coefficient (Wildman–Crippen LogP) is 3.40. The molecule has 0 aliphatic rings. The number of rotatable bonds is 6. The van der Waals surface area contributed by atoms with E-state index in [2.05, 4.69) is 27.9 Å². The summed E-state index contributed by atoms with van der Waals surface area (Å²) in [5, 5.41) is 2.79. The molecule has 126 valence electrons. The minimum absolute atomic E-state index is 0.00246. The average molecular weight is 438 g/mol. The van der Waals surface area contributed by atoms with E-state index in [4.69, 9.17) is 4.74 Å². The Balaban J connectivity index is 2.05. The second-order valence-electron chi connectivity index (χ2n) is 5.08. The maximum absolute atomic E-state index is 12.6. The van der Waals surface area contributed by atoms with Crippen LogP contribution >= 0.6 is 22.6 Å². The van der Waals surface area contributed by atoms with Gasteiger partial charge in [0, 0.05) is 21.9 Å². The van der Waals surface area contributed by atoms with Crippen molar-refractivity contribution in [3.63, 3.8) is 0 Å². The molecule has 0 saturated heterocycles. The molecule has 0 saturated carbocycles. The van der Waals surface area contributed by atoms with E-state index >= 15 is 0 Å². The minimum Gasteiger partial charge on any atom is -0.497 e. The minimum atomic E-state index is -0.246. The van der Waals surface area contributed by atoms with Crippen molar-refractivity contribution < 1.29 is 14.3 Å². The number of anilines is 1. The Morgan fingerprint density at radius 1 is 1.17 bits per heavy atom. The van der Waals surface area contributed by atoms with E-state index in [1.165, 1.54) is 4.90 Å². The molecule has 0 heterocycles. The van der Waals surface area contributed by atoms with Gasteiger partial charge in [0.25, 0.3) is 5.91 Å². The third kappa shape index (κ3) is 4.70. The largest absolute Gasteiger partial charge is 0.497 e. The smallest absolute Gasteiger partial charge is 0.255 e. The van der Waals surface area contributed by atoms with Gasteiger partial charge in [-0.1, -0.05) is 18.2 Å². The Hall–Kier alpha value is -2.09. The fraction of sp³-hybridized carbons (Fsp3) is 0.222. The molecular weight excluding hydrogens is 419 g/mol. The van der Waals surface area contributed by atoms with Gasteiger partial charge in [-0.3, -0.25) is 9.59 Å². The molecule has 2 aromatic rings. The van der Waals surface area contributed by atoms with Gasteiger partial charge in [0.1, 0.15) is 12.3 Å². The maximum Gasteiger partial charge on any atom is 0.255 e. The zero-order chi connectivity index (χ0) is 17.5. The number of methoxy groups -OCH3 is 1. The number of ether oxygens (including phenoxy) is 1. The summed E-state index contributed by atoms with van der Waals surface area (Å²) in [6.45, 7) is 2.30. The number of nitrogens with zero attached hydrogens (tertiary/aromatic N) is 1. The maximum atomic E-state index is 12.6. The van der Waals surface area contributed by atoms with Gasteiger partial charge in [0.05, 0.1) is 12.7 Å². The van der Waals surface area contributed by atoms with Crippen LogP contribution < -0.4 is 10.1 Å². The van der Waals surface area contributed by atoms with Gasteiger partial charge >= 0.3 is 0 Å². The summed E-state index contributed by atoms with van der Waals surface area (Å²) in [7, 11) is 1.57. The van der Waals surface area contributed by atoms with Crippen LogP contribution in [0.5, 0.6) is 5.75 Å². The number of carbonyl (C=O) groups excluding carboxylic acids is 2. The van der Waals surface area contributed by atoms with E-state index in [1.54, 1.807) is 37.4 Å². The van der Waals surface area contributed by atoms with Crippen molar-refractivity contribution in [2.45, 2.75) is 6.92 Å². The Morgan fingerprint density at radius 3 is 2.58 bits per heavy atom. The summed E-state index contributed by atoms with van der Waals surface area (Å²) in [6.07, 6.45) is 0. The van der Waals surface area contributed by atoms with Crippen molar-refractivity contribution in [3.8, 4) is 5.75 Å². The lowest BCUT2D eigenvalue weighted by Gasteiger charge is -2.21. The normalized spacial score (nSPS) is 10.1. The van der Waals surface area contributed by atoms with Crippen LogP contribution in [0.25, 0.3) is 0 Å². The molecule has 0 radical (unpaired) electrons. The fourth-order valence-electron chi connectivity index (χ4n) is 2.21. The van der Waals surface area contributed by atoms with E-state index in [0.29, 0.717) is 23.5 Å². The Labute approximate surface area is 155 Å². The first-order valence-corrected chi connectivity index (χ1v) is 8.60. The van der Waals surface area contributed by atoms with E-state index in [9.17, 15) is 9.59 Å². The number of nitrogens with one attached hydrogen (secondary N) is 1. The van der Waals surface area contributed by atoms with Gasteiger partial charge in [0.2, 0.25) is 5.91 Å². The predicted molar refractivity (Wildman–Crippen MR) is 102 cm³/mol.